The number of allylic oxidation sites excluding steroid dienone is 1. The number of nitrogens with zero attached hydrogens (tertiary/aromatic N) is 2. The number of hydrogen-bond acceptors (Lipinski definition) is 3. The highest BCUT2D eigenvalue weighted by atomic mass is 16.5. The van der Waals surface area contributed by atoms with Crippen LogP contribution in [0.25, 0.3) is 6.08 Å². The number of benzene rings is 3. The molecule has 5 rings (SSSR count). The van der Waals surface area contributed by atoms with Gasteiger partial charge in [-0.05, 0) is 66.3 Å². The third kappa shape index (κ3) is 3.84. The Kier molecular flexibility index (Phi) is 5.59. The lowest BCUT2D eigenvalue weighted by molar-refractivity contribution is 0.0681. The van der Waals surface area contributed by atoms with Gasteiger partial charge < -0.3 is 4.74 Å². The summed E-state index contributed by atoms with van der Waals surface area (Å²) in [6.45, 7) is 0. The highest BCUT2D eigenvalue weighted by Crippen LogP contribution is 2.44. The third-order valence-corrected chi connectivity index (χ3v) is 6.33. The maximum absolute atomic E-state index is 13.6. The van der Waals surface area contributed by atoms with Gasteiger partial charge >= 0.3 is 0 Å². The van der Waals surface area contributed by atoms with Crippen LogP contribution in [-0.2, 0) is 0 Å². The molecular weight excluding hydrogens is 396 g/mol. The molecule has 3 aromatic rings. The van der Waals surface area contributed by atoms with E-state index in [2.05, 4.69) is 42.5 Å². The van der Waals surface area contributed by atoms with Crippen molar-refractivity contribution in [3.05, 3.63) is 107 Å². The summed E-state index contributed by atoms with van der Waals surface area (Å²) in [6.07, 6.45) is 5.33. The lowest BCUT2D eigenvalue weighted by Gasteiger charge is -2.29. The molecule has 1 aliphatic heterocycles. The van der Waals surface area contributed by atoms with Gasteiger partial charge in [0, 0.05) is 11.5 Å². The standard InChI is InChI=1S/C28H26N2O2/c1-32-24-17-15-22(16-18-24)28(31)30-27(21-11-6-3-7-12-21)25-14-8-13-23(26(25)29-30)19-20-9-4-2-5-10-20/h2-7,9-12,15-19,25,27H,8,13-14H2,1H3. The molecule has 1 fully saturated rings. The van der Waals surface area contributed by atoms with E-state index >= 15 is 0 Å². The second kappa shape index (κ2) is 8.83. The first kappa shape index (κ1) is 20.3. The van der Waals surface area contributed by atoms with Gasteiger partial charge in [0.15, 0.2) is 0 Å². The number of hydrogen-bond donors (Lipinski definition) is 0. The SMILES string of the molecule is COc1ccc(C(=O)N2N=C3C(=Cc4ccccc4)CCCC3C2c2ccccc2)cc1. The quantitative estimate of drug-likeness (QED) is 0.507. The van der Waals surface area contributed by atoms with E-state index in [1.807, 2.05) is 48.5 Å². The van der Waals surface area contributed by atoms with E-state index in [4.69, 9.17) is 9.84 Å². The Morgan fingerprint density at radius 2 is 1.66 bits per heavy atom. The van der Waals surface area contributed by atoms with Gasteiger partial charge in [-0.25, -0.2) is 5.01 Å². The Bertz CT molecular complexity index is 1150. The summed E-state index contributed by atoms with van der Waals surface area (Å²) in [5, 5.41) is 6.67. The molecule has 32 heavy (non-hydrogen) atoms. The van der Waals surface area contributed by atoms with E-state index < -0.39 is 0 Å². The van der Waals surface area contributed by atoms with Crippen molar-refractivity contribution in [3.8, 4) is 5.75 Å². The number of carbonyl (C=O) groups excluding carboxylic acids is 1. The number of rotatable bonds is 4. The minimum absolute atomic E-state index is 0.0810. The van der Waals surface area contributed by atoms with E-state index in [0.717, 1.165) is 36.3 Å². The Labute approximate surface area is 188 Å². The molecule has 0 saturated heterocycles. The number of amides is 1. The minimum Gasteiger partial charge on any atom is -0.497 e. The van der Waals surface area contributed by atoms with Gasteiger partial charge in [-0.15, -0.1) is 0 Å². The molecule has 0 bridgehead atoms. The zero-order valence-electron chi connectivity index (χ0n) is 18.1. The highest BCUT2D eigenvalue weighted by molar-refractivity contribution is 6.09. The second-order valence-electron chi connectivity index (χ2n) is 8.30. The Morgan fingerprint density at radius 3 is 2.34 bits per heavy atom. The van der Waals surface area contributed by atoms with Gasteiger partial charge in [0.25, 0.3) is 5.91 Å². The van der Waals surface area contributed by atoms with Crippen LogP contribution < -0.4 is 4.74 Å². The molecule has 1 aliphatic carbocycles. The lowest BCUT2D eigenvalue weighted by Crippen LogP contribution is -2.31. The summed E-state index contributed by atoms with van der Waals surface area (Å²) in [6, 6.07) is 27.8. The maximum atomic E-state index is 13.6. The summed E-state index contributed by atoms with van der Waals surface area (Å²) in [5.74, 6) is 0.849. The highest BCUT2D eigenvalue weighted by Gasteiger charge is 2.43. The van der Waals surface area contributed by atoms with Gasteiger partial charge in [-0.3, -0.25) is 4.79 Å². The maximum Gasteiger partial charge on any atom is 0.274 e. The van der Waals surface area contributed by atoms with Crippen LogP contribution in [0, 0.1) is 5.92 Å². The minimum atomic E-state index is -0.0970. The molecule has 0 aromatic heterocycles. The van der Waals surface area contributed by atoms with E-state index in [9.17, 15) is 4.79 Å². The average Bonchev–Trinajstić information content (AvgIpc) is 3.25. The van der Waals surface area contributed by atoms with Crippen LogP contribution in [-0.4, -0.2) is 23.7 Å². The van der Waals surface area contributed by atoms with Crippen molar-refractivity contribution in [2.45, 2.75) is 25.3 Å². The van der Waals surface area contributed by atoms with Gasteiger partial charge in [0.1, 0.15) is 5.75 Å². The summed E-state index contributed by atoms with van der Waals surface area (Å²) in [4.78, 5) is 13.6. The molecule has 2 unspecified atom stereocenters. The van der Waals surface area contributed by atoms with Crippen molar-refractivity contribution in [1.29, 1.82) is 0 Å². The van der Waals surface area contributed by atoms with Gasteiger partial charge in [0.05, 0.1) is 18.9 Å². The Hall–Kier alpha value is -3.66. The van der Waals surface area contributed by atoms with Crippen LogP contribution in [0.2, 0.25) is 0 Å². The number of hydrazone groups is 1. The molecule has 1 amide bonds. The summed E-state index contributed by atoms with van der Waals surface area (Å²) >= 11 is 0. The molecule has 0 N–H and O–H groups in total. The van der Waals surface area contributed by atoms with Crippen molar-refractivity contribution < 1.29 is 9.53 Å². The van der Waals surface area contributed by atoms with Crippen molar-refractivity contribution in [1.82, 2.24) is 5.01 Å². The fourth-order valence-electron chi connectivity index (χ4n) is 4.77. The summed E-state index contributed by atoms with van der Waals surface area (Å²) in [7, 11) is 1.62. The van der Waals surface area contributed by atoms with Crippen molar-refractivity contribution in [2.75, 3.05) is 7.11 Å². The smallest absolute Gasteiger partial charge is 0.274 e. The van der Waals surface area contributed by atoms with E-state index in [0.29, 0.717) is 5.56 Å². The monoisotopic (exact) mass is 422 g/mol. The lowest BCUT2D eigenvalue weighted by atomic mass is 9.77. The first-order valence-corrected chi connectivity index (χ1v) is 11.1. The zero-order chi connectivity index (χ0) is 21.9. The first-order chi connectivity index (χ1) is 15.7. The van der Waals surface area contributed by atoms with Crippen LogP contribution in [0.1, 0.15) is 46.8 Å². The van der Waals surface area contributed by atoms with Gasteiger partial charge in [-0.1, -0.05) is 60.7 Å². The van der Waals surface area contributed by atoms with Crippen LogP contribution in [0.4, 0.5) is 0 Å². The van der Waals surface area contributed by atoms with Gasteiger partial charge in [-0.2, -0.15) is 5.10 Å². The molecular formula is C28H26N2O2. The number of methoxy groups -OCH3 is 1. The molecule has 0 spiro atoms. The van der Waals surface area contributed by atoms with E-state index in [1.165, 1.54) is 11.1 Å². The predicted octanol–water partition coefficient (Wildman–Crippen LogP) is 6.13. The Morgan fingerprint density at radius 1 is 0.969 bits per heavy atom. The average molecular weight is 423 g/mol. The largest absolute Gasteiger partial charge is 0.497 e. The molecule has 1 saturated carbocycles. The van der Waals surface area contributed by atoms with Crippen LogP contribution >= 0.6 is 0 Å². The molecule has 3 aromatic carbocycles. The van der Waals surface area contributed by atoms with Gasteiger partial charge in [0.2, 0.25) is 0 Å². The van der Waals surface area contributed by atoms with Crippen molar-refractivity contribution >= 4 is 17.7 Å². The molecule has 160 valence electrons. The summed E-state index contributed by atoms with van der Waals surface area (Å²) < 4.78 is 5.25. The molecule has 2 atom stereocenters. The van der Waals surface area contributed by atoms with E-state index in [-0.39, 0.29) is 17.9 Å². The number of fused-ring (bicyclic) bond motifs is 1. The number of ether oxygens (including phenoxy) is 1. The van der Waals surface area contributed by atoms with Crippen LogP contribution in [0.5, 0.6) is 5.75 Å². The predicted molar refractivity (Wildman–Crippen MR) is 128 cm³/mol. The molecule has 4 heteroatoms. The van der Waals surface area contributed by atoms with E-state index in [1.54, 1.807) is 12.1 Å². The van der Waals surface area contributed by atoms with Crippen molar-refractivity contribution in [2.24, 2.45) is 11.0 Å². The van der Waals surface area contributed by atoms with Crippen molar-refractivity contribution in [3.63, 3.8) is 0 Å². The molecule has 2 aliphatic rings. The third-order valence-electron chi connectivity index (χ3n) is 6.33. The fraction of sp³-hybridized carbons (Fsp3) is 0.214. The number of carbonyl (C=O) groups is 1. The first-order valence-electron chi connectivity index (χ1n) is 11.1. The molecule has 4 nitrogen and oxygen atoms in total. The zero-order valence-corrected chi connectivity index (χ0v) is 18.1. The summed E-state index contributed by atoms with van der Waals surface area (Å²) in [5.41, 5.74) is 5.19. The fourth-order valence-corrected chi connectivity index (χ4v) is 4.77. The second-order valence-corrected chi connectivity index (χ2v) is 8.30. The molecule has 0 radical (unpaired) electrons. The molecule has 1 heterocycles. The Balaban J connectivity index is 1.56. The van der Waals surface area contributed by atoms with Crippen LogP contribution in [0.15, 0.2) is 95.6 Å². The van der Waals surface area contributed by atoms with Crippen LogP contribution in [0.3, 0.4) is 0 Å². The topological polar surface area (TPSA) is 41.9 Å². The normalized spacial score (nSPS) is 21.2.